The summed E-state index contributed by atoms with van der Waals surface area (Å²) in [7, 11) is 0. The van der Waals surface area contributed by atoms with Crippen LogP contribution in [0.2, 0.25) is 0 Å². The molecule has 0 radical (unpaired) electrons. The van der Waals surface area contributed by atoms with Gasteiger partial charge in [-0.1, -0.05) is 0 Å². The highest BCUT2D eigenvalue weighted by molar-refractivity contribution is 5.87. The lowest BCUT2D eigenvalue weighted by Gasteiger charge is -2.28. The van der Waals surface area contributed by atoms with Crippen LogP contribution < -0.4 is 21.1 Å². The number of hydrogen-bond donors (Lipinski definition) is 2. The second-order valence-electron chi connectivity index (χ2n) is 5.62. The van der Waals surface area contributed by atoms with Crippen LogP contribution in [0, 0.1) is 0 Å². The Morgan fingerprint density at radius 3 is 2.08 bits per heavy atom. The molecule has 0 amide bonds. The smallest absolute Gasteiger partial charge is 0.229 e. The second kappa shape index (κ2) is 6.67. The first-order valence-corrected chi connectivity index (χ1v) is 8.02. The number of nitrogen functional groups attached to an aromatic ring is 1. The van der Waals surface area contributed by atoms with Gasteiger partial charge in [-0.3, -0.25) is 0 Å². The van der Waals surface area contributed by atoms with Crippen molar-refractivity contribution >= 4 is 28.7 Å². The minimum Gasteiger partial charge on any atom is -0.378 e. The van der Waals surface area contributed by atoms with Crippen LogP contribution in [0.3, 0.4) is 0 Å². The lowest BCUT2D eigenvalue weighted by Crippen LogP contribution is -2.38. The van der Waals surface area contributed by atoms with E-state index < -0.39 is 0 Å². The summed E-state index contributed by atoms with van der Waals surface area (Å²) >= 11 is 0. The third kappa shape index (κ3) is 2.90. The molecule has 2 aromatic rings. The number of anilines is 3. The van der Waals surface area contributed by atoms with Crippen molar-refractivity contribution < 1.29 is 9.47 Å². The molecular formula is C14H20N8O2. The molecule has 0 spiro atoms. The van der Waals surface area contributed by atoms with Gasteiger partial charge < -0.3 is 24.7 Å². The maximum atomic E-state index is 5.63. The number of ether oxygens (including phenoxy) is 2. The standard InChI is InChI=1S/C14H20N8O2/c15-20-12-10-9-16-13(21-1-5-23-6-2-21)17-11(10)18-14(19-12)22-3-7-24-8-4-22/h9H,1-8,15H2,(H,16,17,18,19,20). The molecule has 128 valence electrons. The number of aromatic nitrogens is 4. The summed E-state index contributed by atoms with van der Waals surface area (Å²) in [6.45, 7) is 5.72. The van der Waals surface area contributed by atoms with Crippen LogP contribution in [0.15, 0.2) is 6.20 Å². The Bertz CT molecular complexity index is 710. The summed E-state index contributed by atoms with van der Waals surface area (Å²) in [5.74, 6) is 7.41. The molecule has 2 aliphatic heterocycles. The Labute approximate surface area is 139 Å². The minimum absolute atomic E-state index is 0.523. The van der Waals surface area contributed by atoms with Crippen molar-refractivity contribution in [3.05, 3.63) is 6.20 Å². The fourth-order valence-electron chi connectivity index (χ4n) is 2.83. The fraction of sp³-hybridized carbons (Fsp3) is 0.571. The highest BCUT2D eigenvalue weighted by atomic mass is 16.5. The maximum Gasteiger partial charge on any atom is 0.229 e. The molecule has 0 unspecified atom stereocenters. The Morgan fingerprint density at radius 1 is 0.875 bits per heavy atom. The number of rotatable bonds is 3. The van der Waals surface area contributed by atoms with E-state index >= 15 is 0 Å². The molecule has 10 heteroatoms. The first-order chi connectivity index (χ1) is 11.8. The number of hydrazine groups is 1. The molecule has 2 aliphatic rings. The minimum atomic E-state index is 0.523. The van der Waals surface area contributed by atoms with Crippen LogP contribution in [0.5, 0.6) is 0 Å². The fourth-order valence-corrected chi connectivity index (χ4v) is 2.83. The van der Waals surface area contributed by atoms with Crippen molar-refractivity contribution in [3.8, 4) is 0 Å². The largest absolute Gasteiger partial charge is 0.378 e. The van der Waals surface area contributed by atoms with Gasteiger partial charge in [0.25, 0.3) is 0 Å². The normalized spacial score (nSPS) is 18.9. The molecule has 2 aromatic heterocycles. The van der Waals surface area contributed by atoms with Crippen molar-refractivity contribution in [1.29, 1.82) is 0 Å². The van der Waals surface area contributed by atoms with E-state index in [-0.39, 0.29) is 0 Å². The SMILES string of the molecule is NNc1nc(N2CCOCC2)nc2nc(N3CCOCC3)ncc12. The molecule has 10 nitrogen and oxygen atoms in total. The first-order valence-electron chi connectivity index (χ1n) is 8.02. The van der Waals surface area contributed by atoms with Gasteiger partial charge in [-0.05, 0) is 0 Å². The molecule has 0 saturated carbocycles. The zero-order chi connectivity index (χ0) is 16.4. The third-order valence-electron chi connectivity index (χ3n) is 4.15. The van der Waals surface area contributed by atoms with Crippen molar-refractivity contribution in [3.63, 3.8) is 0 Å². The van der Waals surface area contributed by atoms with E-state index in [0.29, 0.717) is 55.2 Å². The zero-order valence-corrected chi connectivity index (χ0v) is 13.3. The molecule has 2 saturated heterocycles. The summed E-state index contributed by atoms with van der Waals surface area (Å²) in [5.41, 5.74) is 3.21. The van der Waals surface area contributed by atoms with Gasteiger partial charge in [0.05, 0.1) is 31.8 Å². The maximum absolute atomic E-state index is 5.63. The predicted molar refractivity (Wildman–Crippen MR) is 89.0 cm³/mol. The van der Waals surface area contributed by atoms with Crippen molar-refractivity contribution in [2.75, 3.05) is 67.8 Å². The molecule has 2 fully saturated rings. The van der Waals surface area contributed by atoms with E-state index in [9.17, 15) is 0 Å². The number of fused-ring (bicyclic) bond motifs is 1. The molecule has 0 atom stereocenters. The number of morpholine rings is 2. The van der Waals surface area contributed by atoms with Gasteiger partial charge in [0.2, 0.25) is 11.9 Å². The van der Waals surface area contributed by atoms with Crippen molar-refractivity contribution in [2.45, 2.75) is 0 Å². The quantitative estimate of drug-likeness (QED) is 0.556. The van der Waals surface area contributed by atoms with Crippen LogP contribution in [-0.2, 0) is 9.47 Å². The highest BCUT2D eigenvalue weighted by Gasteiger charge is 2.19. The van der Waals surface area contributed by atoms with Crippen molar-refractivity contribution in [1.82, 2.24) is 19.9 Å². The van der Waals surface area contributed by atoms with Gasteiger partial charge in [0.1, 0.15) is 0 Å². The summed E-state index contributed by atoms with van der Waals surface area (Å²) in [6, 6.07) is 0. The number of nitrogens with zero attached hydrogens (tertiary/aromatic N) is 6. The van der Waals surface area contributed by atoms with E-state index in [4.69, 9.17) is 15.3 Å². The molecule has 0 aliphatic carbocycles. The van der Waals surface area contributed by atoms with Crippen LogP contribution in [-0.4, -0.2) is 72.5 Å². The molecular weight excluding hydrogens is 312 g/mol. The number of nitrogens with one attached hydrogen (secondary N) is 1. The second-order valence-corrected chi connectivity index (χ2v) is 5.62. The molecule has 3 N–H and O–H groups in total. The zero-order valence-electron chi connectivity index (χ0n) is 13.3. The molecule has 4 rings (SSSR count). The lowest BCUT2D eigenvalue weighted by molar-refractivity contribution is 0.122. The molecule has 0 aromatic carbocycles. The van der Waals surface area contributed by atoms with E-state index in [1.54, 1.807) is 6.20 Å². The van der Waals surface area contributed by atoms with Gasteiger partial charge in [-0.25, -0.2) is 10.8 Å². The monoisotopic (exact) mass is 332 g/mol. The van der Waals surface area contributed by atoms with Crippen LogP contribution >= 0.6 is 0 Å². The average Bonchev–Trinajstić information content (AvgIpc) is 2.68. The summed E-state index contributed by atoms with van der Waals surface area (Å²) < 4.78 is 10.8. The first kappa shape index (κ1) is 15.2. The molecule has 4 heterocycles. The van der Waals surface area contributed by atoms with Gasteiger partial charge in [-0.2, -0.15) is 15.0 Å². The Kier molecular flexibility index (Phi) is 4.24. The number of hydrogen-bond acceptors (Lipinski definition) is 10. The van der Waals surface area contributed by atoms with Crippen LogP contribution in [0.25, 0.3) is 11.0 Å². The highest BCUT2D eigenvalue weighted by Crippen LogP contribution is 2.23. The van der Waals surface area contributed by atoms with Crippen LogP contribution in [0.4, 0.5) is 17.7 Å². The summed E-state index contributed by atoms with van der Waals surface area (Å²) in [5, 5.41) is 0.700. The lowest BCUT2D eigenvalue weighted by atomic mass is 10.3. The van der Waals surface area contributed by atoms with E-state index in [1.807, 2.05) is 0 Å². The Hall–Kier alpha value is -2.30. The van der Waals surface area contributed by atoms with Crippen molar-refractivity contribution in [2.24, 2.45) is 5.84 Å². The van der Waals surface area contributed by atoms with E-state index in [2.05, 4.69) is 35.2 Å². The van der Waals surface area contributed by atoms with Gasteiger partial charge in [-0.15, -0.1) is 0 Å². The summed E-state index contributed by atoms with van der Waals surface area (Å²) in [4.78, 5) is 22.3. The van der Waals surface area contributed by atoms with Crippen LogP contribution in [0.1, 0.15) is 0 Å². The van der Waals surface area contributed by atoms with Gasteiger partial charge in [0, 0.05) is 32.4 Å². The molecule has 24 heavy (non-hydrogen) atoms. The average molecular weight is 332 g/mol. The summed E-state index contributed by atoms with van der Waals surface area (Å²) in [6.07, 6.45) is 1.71. The third-order valence-corrected chi connectivity index (χ3v) is 4.15. The van der Waals surface area contributed by atoms with E-state index in [1.165, 1.54) is 0 Å². The Morgan fingerprint density at radius 2 is 1.46 bits per heavy atom. The predicted octanol–water partition coefficient (Wildman–Crippen LogP) is -0.621. The van der Waals surface area contributed by atoms with Gasteiger partial charge >= 0.3 is 0 Å². The topological polar surface area (TPSA) is 115 Å². The molecule has 0 bridgehead atoms. The number of nitrogens with two attached hydrogens (primary N) is 1. The van der Waals surface area contributed by atoms with Gasteiger partial charge in [0.15, 0.2) is 11.5 Å². The Balaban J connectivity index is 1.73. The van der Waals surface area contributed by atoms with E-state index in [0.717, 1.165) is 26.2 Å².